The molecule has 0 saturated carbocycles. The highest BCUT2D eigenvalue weighted by Crippen LogP contribution is 2.27. The molecule has 0 unspecified atom stereocenters. The smallest absolute Gasteiger partial charge is 0.237 e. The van der Waals surface area contributed by atoms with Gasteiger partial charge in [0.05, 0.1) is 11.6 Å². The molecule has 0 aliphatic heterocycles. The molecule has 0 saturated heterocycles. The number of halogens is 1. The van der Waals surface area contributed by atoms with Crippen LogP contribution in [-0.4, -0.2) is 35.1 Å². The zero-order chi connectivity index (χ0) is 15.1. The predicted molar refractivity (Wildman–Crippen MR) is 82.8 cm³/mol. The summed E-state index contributed by atoms with van der Waals surface area (Å²) in [7, 11) is 0. The summed E-state index contributed by atoms with van der Waals surface area (Å²) in [6, 6.07) is 7.47. The number of benzene rings is 1. The molecule has 0 bridgehead atoms. The molecule has 1 aromatic carbocycles. The molecule has 0 aromatic heterocycles. The lowest BCUT2D eigenvalue weighted by molar-refractivity contribution is -0.136. The SMILES string of the molecule is CC(C)N(CC(N)=O)C(=O)CCSc1ccccc1Cl. The Labute approximate surface area is 128 Å². The molecule has 110 valence electrons. The van der Waals surface area contributed by atoms with Crippen molar-refractivity contribution >= 4 is 35.2 Å². The minimum absolute atomic E-state index is 0.0345. The molecular weight excluding hydrogens is 296 g/mol. The van der Waals surface area contributed by atoms with Crippen LogP contribution < -0.4 is 5.73 Å². The van der Waals surface area contributed by atoms with Gasteiger partial charge in [-0.3, -0.25) is 9.59 Å². The van der Waals surface area contributed by atoms with Gasteiger partial charge in [-0.2, -0.15) is 0 Å². The normalized spacial score (nSPS) is 10.6. The van der Waals surface area contributed by atoms with Crippen LogP contribution in [0.15, 0.2) is 29.2 Å². The van der Waals surface area contributed by atoms with Gasteiger partial charge in [-0.15, -0.1) is 11.8 Å². The minimum Gasteiger partial charge on any atom is -0.368 e. The summed E-state index contributed by atoms with van der Waals surface area (Å²) in [5.41, 5.74) is 5.15. The fourth-order valence-electron chi connectivity index (χ4n) is 1.68. The number of hydrogen-bond acceptors (Lipinski definition) is 3. The van der Waals surface area contributed by atoms with E-state index < -0.39 is 5.91 Å². The maximum absolute atomic E-state index is 12.1. The molecule has 1 rings (SSSR count). The quantitative estimate of drug-likeness (QED) is 0.787. The molecule has 0 aliphatic rings. The number of thioether (sulfide) groups is 1. The molecular formula is C14H19ClN2O2S. The van der Waals surface area contributed by atoms with E-state index in [1.165, 1.54) is 16.7 Å². The molecule has 4 nitrogen and oxygen atoms in total. The molecule has 0 heterocycles. The Kier molecular flexibility index (Phi) is 6.88. The Morgan fingerprint density at radius 3 is 2.55 bits per heavy atom. The molecule has 2 amide bonds. The van der Waals surface area contributed by atoms with E-state index in [1.807, 2.05) is 38.1 Å². The number of nitrogens with two attached hydrogens (primary N) is 1. The summed E-state index contributed by atoms with van der Waals surface area (Å²) in [5.74, 6) is 0.0500. The van der Waals surface area contributed by atoms with Crippen LogP contribution in [0, 0.1) is 0 Å². The third-order valence-electron chi connectivity index (χ3n) is 2.68. The number of rotatable bonds is 7. The van der Waals surface area contributed by atoms with Crippen LogP contribution in [-0.2, 0) is 9.59 Å². The Bertz CT molecular complexity index is 480. The molecule has 0 atom stereocenters. The number of amides is 2. The Hall–Kier alpha value is -1.20. The van der Waals surface area contributed by atoms with Gasteiger partial charge in [-0.25, -0.2) is 0 Å². The minimum atomic E-state index is -0.495. The molecule has 6 heteroatoms. The second kappa shape index (κ2) is 8.17. The Morgan fingerprint density at radius 2 is 2.00 bits per heavy atom. The molecule has 1 aromatic rings. The van der Waals surface area contributed by atoms with Crippen molar-refractivity contribution in [2.75, 3.05) is 12.3 Å². The van der Waals surface area contributed by atoms with Crippen LogP contribution in [0.5, 0.6) is 0 Å². The lowest BCUT2D eigenvalue weighted by Gasteiger charge is -2.25. The summed E-state index contributed by atoms with van der Waals surface area (Å²) >= 11 is 7.57. The number of carbonyl (C=O) groups is 2. The largest absolute Gasteiger partial charge is 0.368 e. The highest BCUT2D eigenvalue weighted by Gasteiger charge is 2.18. The van der Waals surface area contributed by atoms with Gasteiger partial charge < -0.3 is 10.6 Å². The van der Waals surface area contributed by atoms with E-state index in [0.717, 1.165) is 4.90 Å². The molecule has 20 heavy (non-hydrogen) atoms. The number of primary amides is 1. The van der Waals surface area contributed by atoms with Gasteiger partial charge in [0.1, 0.15) is 0 Å². The van der Waals surface area contributed by atoms with Gasteiger partial charge in [0, 0.05) is 23.1 Å². The van der Waals surface area contributed by atoms with Gasteiger partial charge in [0.15, 0.2) is 0 Å². The maximum Gasteiger partial charge on any atom is 0.237 e. The highest BCUT2D eigenvalue weighted by atomic mass is 35.5. The fraction of sp³-hybridized carbons (Fsp3) is 0.429. The van der Waals surface area contributed by atoms with Crippen LogP contribution in [0.1, 0.15) is 20.3 Å². The van der Waals surface area contributed by atoms with E-state index in [1.54, 1.807) is 0 Å². The van der Waals surface area contributed by atoms with Crippen molar-refractivity contribution in [3.8, 4) is 0 Å². The first-order valence-corrected chi connectivity index (χ1v) is 7.73. The van der Waals surface area contributed by atoms with E-state index >= 15 is 0 Å². The van der Waals surface area contributed by atoms with Crippen molar-refractivity contribution in [2.45, 2.75) is 31.2 Å². The van der Waals surface area contributed by atoms with E-state index in [-0.39, 0.29) is 18.5 Å². The van der Waals surface area contributed by atoms with E-state index in [2.05, 4.69) is 0 Å². The molecule has 0 radical (unpaired) electrons. The van der Waals surface area contributed by atoms with Crippen LogP contribution in [0.3, 0.4) is 0 Å². The number of carbonyl (C=O) groups excluding carboxylic acids is 2. The standard InChI is InChI=1S/C14H19ClN2O2S/c1-10(2)17(9-13(16)18)14(19)7-8-20-12-6-4-3-5-11(12)15/h3-6,10H,7-9H2,1-2H3,(H2,16,18). The molecule has 0 aliphatic carbocycles. The molecule has 0 spiro atoms. The monoisotopic (exact) mass is 314 g/mol. The van der Waals surface area contributed by atoms with Crippen molar-refractivity contribution in [2.24, 2.45) is 5.73 Å². The number of hydrogen-bond donors (Lipinski definition) is 1. The molecule has 2 N–H and O–H groups in total. The lowest BCUT2D eigenvalue weighted by atomic mass is 10.3. The maximum atomic E-state index is 12.1. The average molecular weight is 315 g/mol. The van der Waals surface area contributed by atoms with Crippen LogP contribution in [0.25, 0.3) is 0 Å². The summed E-state index contributed by atoms with van der Waals surface area (Å²) < 4.78 is 0. The van der Waals surface area contributed by atoms with Crippen molar-refractivity contribution < 1.29 is 9.59 Å². The van der Waals surface area contributed by atoms with E-state index in [4.69, 9.17) is 17.3 Å². The van der Waals surface area contributed by atoms with Crippen LogP contribution >= 0.6 is 23.4 Å². The van der Waals surface area contributed by atoms with Crippen molar-refractivity contribution in [1.29, 1.82) is 0 Å². The van der Waals surface area contributed by atoms with Gasteiger partial charge in [-0.1, -0.05) is 23.7 Å². The Morgan fingerprint density at radius 1 is 1.35 bits per heavy atom. The summed E-state index contributed by atoms with van der Waals surface area (Å²) in [5, 5.41) is 0.683. The van der Waals surface area contributed by atoms with Gasteiger partial charge in [0.25, 0.3) is 0 Å². The van der Waals surface area contributed by atoms with Crippen molar-refractivity contribution in [3.05, 3.63) is 29.3 Å². The first-order chi connectivity index (χ1) is 9.41. The van der Waals surface area contributed by atoms with Crippen LogP contribution in [0.2, 0.25) is 5.02 Å². The third kappa shape index (κ3) is 5.43. The molecule has 0 fully saturated rings. The summed E-state index contributed by atoms with van der Waals surface area (Å²) in [6.07, 6.45) is 0.349. The van der Waals surface area contributed by atoms with Gasteiger partial charge in [-0.05, 0) is 26.0 Å². The highest BCUT2D eigenvalue weighted by molar-refractivity contribution is 7.99. The number of nitrogens with zero attached hydrogens (tertiary/aromatic N) is 1. The predicted octanol–water partition coefficient (Wildman–Crippen LogP) is 2.54. The topological polar surface area (TPSA) is 63.4 Å². The summed E-state index contributed by atoms with van der Waals surface area (Å²) in [4.78, 5) is 25.5. The van der Waals surface area contributed by atoms with Gasteiger partial charge >= 0.3 is 0 Å². The second-order valence-electron chi connectivity index (χ2n) is 4.61. The van der Waals surface area contributed by atoms with E-state index in [0.29, 0.717) is 17.2 Å². The van der Waals surface area contributed by atoms with E-state index in [9.17, 15) is 9.59 Å². The Balaban J connectivity index is 2.49. The fourth-order valence-corrected chi connectivity index (χ4v) is 2.86. The lowest BCUT2D eigenvalue weighted by Crippen LogP contribution is -2.42. The van der Waals surface area contributed by atoms with Crippen molar-refractivity contribution in [1.82, 2.24) is 4.90 Å². The van der Waals surface area contributed by atoms with Crippen molar-refractivity contribution in [3.63, 3.8) is 0 Å². The van der Waals surface area contributed by atoms with Crippen LogP contribution in [0.4, 0.5) is 0 Å². The zero-order valence-electron chi connectivity index (χ0n) is 11.6. The third-order valence-corrected chi connectivity index (χ3v) is 4.20. The van der Waals surface area contributed by atoms with Gasteiger partial charge in [0.2, 0.25) is 11.8 Å². The first-order valence-electron chi connectivity index (χ1n) is 6.37. The summed E-state index contributed by atoms with van der Waals surface area (Å²) in [6.45, 7) is 3.69. The second-order valence-corrected chi connectivity index (χ2v) is 6.15. The first kappa shape index (κ1) is 16.9. The average Bonchev–Trinajstić information content (AvgIpc) is 2.37. The zero-order valence-corrected chi connectivity index (χ0v) is 13.2.